The molecule has 3 heterocycles. The van der Waals surface area contributed by atoms with Gasteiger partial charge in [0.25, 0.3) is 5.91 Å². The van der Waals surface area contributed by atoms with E-state index >= 15 is 0 Å². The predicted octanol–water partition coefficient (Wildman–Crippen LogP) is 1.06. The molecule has 3 rings (SSSR count). The van der Waals surface area contributed by atoms with E-state index in [2.05, 4.69) is 10.2 Å². The molecule has 9 heteroatoms. The maximum absolute atomic E-state index is 12.5. The van der Waals surface area contributed by atoms with Crippen LogP contribution >= 0.6 is 0 Å². The number of carboxylic acid groups (broad SMARTS) is 1. The van der Waals surface area contributed by atoms with Crippen molar-refractivity contribution in [3.63, 3.8) is 0 Å². The summed E-state index contributed by atoms with van der Waals surface area (Å²) in [6, 6.07) is 5.05. The van der Waals surface area contributed by atoms with Gasteiger partial charge in [-0.15, -0.1) is 0 Å². The molecule has 0 aromatic carbocycles. The number of hydrogen-bond acceptors (Lipinski definition) is 5. The molecule has 26 heavy (non-hydrogen) atoms. The number of hydrogen-bond donors (Lipinski definition) is 2. The van der Waals surface area contributed by atoms with Gasteiger partial charge < -0.3 is 19.3 Å². The van der Waals surface area contributed by atoms with Crippen LogP contribution in [-0.2, 0) is 9.59 Å². The Hall–Kier alpha value is -3.10. The number of carbonyl (C=O) groups is 3. The number of aliphatic carboxylic acids is 1. The minimum absolute atomic E-state index is 0.0838. The van der Waals surface area contributed by atoms with Crippen molar-refractivity contribution in [3.05, 3.63) is 30.2 Å². The quantitative estimate of drug-likeness (QED) is 0.823. The highest BCUT2D eigenvalue weighted by molar-refractivity contribution is 5.95. The number of rotatable bonds is 5. The lowest BCUT2D eigenvalue weighted by Crippen LogP contribution is -2.45. The molecule has 0 spiro atoms. The van der Waals surface area contributed by atoms with Gasteiger partial charge in [-0.25, -0.2) is 0 Å². The van der Waals surface area contributed by atoms with Gasteiger partial charge in [-0.1, -0.05) is 0 Å². The minimum atomic E-state index is -0.824. The van der Waals surface area contributed by atoms with Crippen molar-refractivity contribution >= 4 is 17.8 Å². The van der Waals surface area contributed by atoms with Crippen molar-refractivity contribution in [2.75, 3.05) is 26.7 Å². The van der Waals surface area contributed by atoms with E-state index in [1.807, 2.05) is 0 Å². The molecule has 1 saturated heterocycles. The van der Waals surface area contributed by atoms with Crippen molar-refractivity contribution < 1.29 is 23.9 Å². The molecular formula is C17H20N4O5. The van der Waals surface area contributed by atoms with Gasteiger partial charge >= 0.3 is 5.97 Å². The van der Waals surface area contributed by atoms with Crippen LogP contribution in [0.5, 0.6) is 0 Å². The molecule has 0 unspecified atom stereocenters. The average Bonchev–Trinajstić information content (AvgIpc) is 3.32. The van der Waals surface area contributed by atoms with E-state index in [-0.39, 0.29) is 24.1 Å². The number of nitrogens with zero attached hydrogens (tertiary/aromatic N) is 3. The zero-order valence-electron chi connectivity index (χ0n) is 14.3. The molecule has 0 bridgehead atoms. The second-order valence-corrected chi connectivity index (χ2v) is 6.30. The molecule has 2 amide bonds. The Labute approximate surface area is 149 Å². The number of amides is 2. The number of H-pyrrole nitrogens is 1. The first-order chi connectivity index (χ1) is 12.5. The third-order valence-electron chi connectivity index (χ3n) is 4.50. The van der Waals surface area contributed by atoms with Crippen LogP contribution in [0.25, 0.3) is 11.5 Å². The van der Waals surface area contributed by atoms with Gasteiger partial charge in [0.1, 0.15) is 5.69 Å². The van der Waals surface area contributed by atoms with E-state index < -0.39 is 11.9 Å². The molecule has 0 aliphatic carbocycles. The monoisotopic (exact) mass is 360 g/mol. The molecule has 2 N–H and O–H groups in total. The topological polar surface area (TPSA) is 120 Å². The highest BCUT2D eigenvalue weighted by Gasteiger charge is 2.28. The maximum Gasteiger partial charge on any atom is 0.306 e. The van der Waals surface area contributed by atoms with Crippen molar-refractivity contribution in [3.8, 4) is 11.5 Å². The molecule has 0 radical (unpaired) electrons. The Morgan fingerprint density at radius 3 is 2.73 bits per heavy atom. The summed E-state index contributed by atoms with van der Waals surface area (Å²) in [5, 5.41) is 15.7. The summed E-state index contributed by atoms with van der Waals surface area (Å²) < 4.78 is 5.24. The van der Waals surface area contributed by atoms with E-state index in [4.69, 9.17) is 9.52 Å². The fourth-order valence-electron chi connectivity index (χ4n) is 2.94. The van der Waals surface area contributed by atoms with Gasteiger partial charge in [-0.05, 0) is 25.0 Å². The molecule has 2 aromatic heterocycles. The summed E-state index contributed by atoms with van der Waals surface area (Å²) in [6.45, 7) is 0.700. The first-order valence-electron chi connectivity index (χ1n) is 8.31. The second-order valence-electron chi connectivity index (χ2n) is 6.30. The van der Waals surface area contributed by atoms with Gasteiger partial charge in [-0.2, -0.15) is 5.10 Å². The van der Waals surface area contributed by atoms with E-state index in [0.29, 0.717) is 37.4 Å². The van der Waals surface area contributed by atoms with Crippen LogP contribution in [0.1, 0.15) is 23.3 Å². The van der Waals surface area contributed by atoms with Crippen LogP contribution in [0, 0.1) is 5.92 Å². The zero-order valence-corrected chi connectivity index (χ0v) is 14.3. The van der Waals surface area contributed by atoms with Crippen LogP contribution in [0.3, 0.4) is 0 Å². The maximum atomic E-state index is 12.5. The number of carbonyl (C=O) groups excluding carboxylic acids is 2. The third-order valence-corrected chi connectivity index (χ3v) is 4.50. The van der Waals surface area contributed by atoms with E-state index in [9.17, 15) is 14.4 Å². The van der Waals surface area contributed by atoms with Gasteiger partial charge in [-0.3, -0.25) is 19.5 Å². The summed E-state index contributed by atoms with van der Waals surface area (Å²) in [4.78, 5) is 38.7. The molecule has 9 nitrogen and oxygen atoms in total. The van der Waals surface area contributed by atoms with Crippen LogP contribution in [0.2, 0.25) is 0 Å². The van der Waals surface area contributed by atoms with Crippen LogP contribution in [0.4, 0.5) is 0 Å². The Balaban J connectivity index is 1.56. The molecule has 138 valence electrons. The number of carboxylic acids is 1. The SMILES string of the molecule is CN(CC(=O)N1CCC(C(=O)O)CC1)C(=O)c1cc(-c2ccco2)[nH]n1. The van der Waals surface area contributed by atoms with Crippen LogP contribution in [0.15, 0.2) is 28.9 Å². The van der Waals surface area contributed by atoms with E-state index in [1.54, 1.807) is 23.1 Å². The summed E-state index contributed by atoms with van der Waals surface area (Å²) in [7, 11) is 1.53. The Kier molecular flexibility index (Phi) is 5.06. The lowest BCUT2D eigenvalue weighted by Gasteiger charge is -2.31. The second kappa shape index (κ2) is 7.42. The molecule has 0 atom stereocenters. The van der Waals surface area contributed by atoms with Crippen molar-refractivity contribution in [1.82, 2.24) is 20.0 Å². The predicted molar refractivity (Wildman–Crippen MR) is 90.2 cm³/mol. The largest absolute Gasteiger partial charge is 0.481 e. The van der Waals surface area contributed by atoms with Crippen molar-refractivity contribution in [2.45, 2.75) is 12.8 Å². The zero-order chi connectivity index (χ0) is 18.7. The first-order valence-corrected chi connectivity index (χ1v) is 8.31. The molecular weight excluding hydrogens is 340 g/mol. The fraction of sp³-hybridized carbons (Fsp3) is 0.412. The third kappa shape index (κ3) is 3.76. The molecule has 0 saturated carbocycles. The number of piperidine rings is 1. The molecule has 2 aromatic rings. The molecule has 1 aliphatic rings. The Morgan fingerprint density at radius 2 is 2.12 bits per heavy atom. The Bertz CT molecular complexity index is 790. The smallest absolute Gasteiger partial charge is 0.306 e. The van der Waals surface area contributed by atoms with Crippen molar-refractivity contribution in [1.29, 1.82) is 0 Å². The summed E-state index contributed by atoms with van der Waals surface area (Å²) >= 11 is 0. The standard InChI is InChI=1S/C17H20N4O5/c1-20(10-15(22)21-6-4-11(5-7-21)17(24)25)16(23)13-9-12(18-19-13)14-3-2-8-26-14/h2-3,8-9,11H,4-7,10H2,1H3,(H,18,19)(H,24,25). The fourth-order valence-corrected chi connectivity index (χ4v) is 2.94. The number of furan rings is 1. The highest BCUT2D eigenvalue weighted by Crippen LogP contribution is 2.19. The van der Waals surface area contributed by atoms with Gasteiger partial charge in [0.05, 0.1) is 18.7 Å². The lowest BCUT2D eigenvalue weighted by molar-refractivity contribution is -0.145. The van der Waals surface area contributed by atoms with Crippen LogP contribution < -0.4 is 0 Å². The normalized spacial score (nSPS) is 15.0. The van der Waals surface area contributed by atoms with Crippen molar-refractivity contribution in [2.24, 2.45) is 5.92 Å². The van der Waals surface area contributed by atoms with Gasteiger partial charge in [0, 0.05) is 26.2 Å². The number of likely N-dealkylation sites (N-methyl/N-ethyl adjacent to an activating group) is 1. The summed E-state index contributed by atoms with van der Waals surface area (Å²) in [6.07, 6.45) is 2.39. The number of nitrogens with one attached hydrogen (secondary N) is 1. The number of aromatic nitrogens is 2. The van der Waals surface area contributed by atoms with E-state index in [0.717, 1.165) is 0 Å². The van der Waals surface area contributed by atoms with E-state index in [1.165, 1.54) is 18.2 Å². The number of likely N-dealkylation sites (tertiary alicyclic amines) is 1. The average molecular weight is 360 g/mol. The highest BCUT2D eigenvalue weighted by atomic mass is 16.4. The molecule has 1 aliphatic heterocycles. The van der Waals surface area contributed by atoms with Gasteiger partial charge in [0.2, 0.25) is 5.91 Å². The lowest BCUT2D eigenvalue weighted by atomic mass is 9.97. The van der Waals surface area contributed by atoms with Crippen LogP contribution in [-0.4, -0.2) is 69.6 Å². The summed E-state index contributed by atoms with van der Waals surface area (Å²) in [5.41, 5.74) is 0.769. The molecule has 1 fully saturated rings. The first kappa shape index (κ1) is 17.7. The minimum Gasteiger partial charge on any atom is -0.481 e. The summed E-state index contributed by atoms with van der Waals surface area (Å²) in [5.74, 6) is -1.24. The number of aromatic amines is 1. The Morgan fingerprint density at radius 1 is 1.38 bits per heavy atom. The van der Waals surface area contributed by atoms with Gasteiger partial charge in [0.15, 0.2) is 11.5 Å².